The lowest BCUT2D eigenvalue weighted by Gasteiger charge is -2.38. The van der Waals surface area contributed by atoms with Crippen molar-refractivity contribution in [1.82, 2.24) is 10.6 Å². The second-order valence-corrected chi connectivity index (χ2v) is 7.22. The number of halogens is 1. The number of carbonyl (C=O) groups is 1. The molecule has 2 aromatic rings. The van der Waals surface area contributed by atoms with E-state index in [1.54, 1.807) is 7.11 Å². The van der Waals surface area contributed by atoms with E-state index in [1.165, 1.54) is 5.56 Å². The summed E-state index contributed by atoms with van der Waals surface area (Å²) in [6, 6.07) is 15.4. The molecule has 0 saturated carbocycles. The highest BCUT2D eigenvalue weighted by Gasteiger charge is 2.34. The Morgan fingerprint density at radius 3 is 2.37 bits per heavy atom. The van der Waals surface area contributed by atoms with Crippen LogP contribution < -0.4 is 15.4 Å². The van der Waals surface area contributed by atoms with Gasteiger partial charge in [-0.25, -0.2) is 4.79 Å². The Morgan fingerprint density at radius 2 is 1.74 bits per heavy atom. The molecule has 1 heterocycles. The van der Waals surface area contributed by atoms with Crippen molar-refractivity contribution in [3.8, 4) is 5.75 Å². The molecule has 27 heavy (non-hydrogen) atoms. The zero-order valence-electron chi connectivity index (χ0n) is 15.5. The lowest BCUT2D eigenvalue weighted by atomic mass is 9.74. The van der Waals surface area contributed by atoms with Crippen LogP contribution in [-0.4, -0.2) is 32.9 Å². The van der Waals surface area contributed by atoms with E-state index in [9.17, 15) is 4.79 Å². The Hall–Kier alpha value is -2.24. The standard InChI is InChI=1S/C21H25ClN2O3/c1-26-19-8-4-17(5-9-19)21(10-12-27-13-11-21)15-24-20(25)23-14-16-2-6-18(22)7-3-16/h2-9H,10-15H2,1H3,(H2,23,24,25). The van der Waals surface area contributed by atoms with Crippen molar-refractivity contribution in [2.45, 2.75) is 24.8 Å². The highest BCUT2D eigenvalue weighted by atomic mass is 35.5. The van der Waals surface area contributed by atoms with E-state index in [2.05, 4.69) is 22.8 Å². The minimum absolute atomic E-state index is 0.123. The van der Waals surface area contributed by atoms with E-state index in [4.69, 9.17) is 21.1 Å². The molecule has 1 aliphatic rings. The van der Waals surface area contributed by atoms with Gasteiger partial charge in [-0.05, 0) is 48.2 Å². The van der Waals surface area contributed by atoms with Gasteiger partial charge in [0.1, 0.15) is 5.75 Å². The summed E-state index contributed by atoms with van der Waals surface area (Å²) in [6.45, 7) is 2.41. The van der Waals surface area contributed by atoms with Crippen LogP contribution in [0.15, 0.2) is 48.5 Å². The number of hydrogen-bond acceptors (Lipinski definition) is 3. The molecule has 1 fully saturated rings. The van der Waals surface area contributed by atoms with Crippen LogP contribution in [0.1, 0.15) is 24.0 Å². The van der Waals surface area contributed by atoms with Crippen LogP contribution in [0.3, 0.4) is 0 Å². The summed E-state index contributed by atoms with van der Waals surface area (Å²) in [5.41, 5.74) is 2.08. The van der Waals surface area contributed by atoms with Crippen molar-refractivity contribution < 1.29 is 14.3 Å². The number of urea groups is 1. The zero-order chi connectivity index (χ0) is 19.1. The van der Waals surface area contributed by atoms with Crippen LogP contribution in [-0.2, 0) is 16.7 Å². The largest absolute Gasteiger partial charge is 0.497 e. The Labute approximate surface area is 165 Å². The molecule has 0 spiro atoms. The molecule has 144 valence electrons. The first-order valence-corrected chi connectivity index (χ1v) is 9.47. The normalized spacial score (nSPS) is 15.8. The molecular weight excluding hydrogens is 364 g/mol. The fourth-order valence-corrected chi connectivity index (χ4v) is 3.50. The van der Waals surface area contributed by atoms with Crippen LogP contribution >= 0.6 is 11.6 Å². The van der Waals surface area contributed by atoms with Gasteiger partial charge in [0.15, 0.2) is 0 Å². The maximum atomic E-state index is 12.3. The van der Waals surface area contributed by atoms with E-state index in [-0.39, 0.29) is 11.4 Å². The maximum absolute atomic E-state index is 12.3. The first-order valence-electron chi connectivity index (χ1n) is 9.10. The molecule has 2 aromatic carbocycles. The molecule has 0 bridgehead atoms. The molecule has 0 unspecified atom stereocenters. The number of ether oxygens (including phenoxy) is 2. The van der Waals surface area contributed by atoms with Crippen LogP contribution in [0, 0.1) is 0 Å². The maximum Gasteiger partial charge on any atom is 0.315 e. The van der Waals surface area contributed by atoms with Gasteiger partial charge in [0.05, 0.1) is 7.11 Å². The molecule has 6 heteroatoms. The Balaban J connectivity index is 1.60. The third kappa shape index (κ3) is 5.15. The van der Waals surface area contributed by atoms with Gasteiger partial charge in [0.25, 0.3) is 0 Å². The van der Waals surface area contributed by atoms with Gasteiger partial charge in [0, 0.05) is 36.7 Å². The number of amides is 2. The van der Waals surface area contributed by atoms with Crippen molar-refractivity contribution in [1.29, 1.82) is 0 Å². The predicted molar refractivity (Wildman–Crippen MR) is 106 cm³/mol. The Kier molecular flexibility index (Phi) is 6.58. The molecule has 3 rings (SSSR count). The van der Waals surface area contributed by atoms with E-state index in [0.717, 1.165) is 24.2 Å². The fraction of sp³-hybridized carbons (Fsp3) is 0.381. The molecular formula is C21H25ClN2O3. The van der Waals surface area contributed by atoms with Crippen molar-refractivity contribution >= 4 is 17.6 Å². The van der Waals surface area contributed by atoms with E-state index < -0.39 is 0 Å². The van der Waals surface area contributed by atoms with Gasteiger partial charge < -0.3 is 20.1 Å². The second kappa shape index (κ2) is 9.11. The Bertz CT molecular complexity index is 741. The topological polar surface area (TPSA) is 59.6 Å². The zero-order valence-corrected chi connectivity index (χ0v) is 16.2. The van der Waals surface area contributed by atoms with Crippen LogP contribution in [0.2, 0.25) is 5.02 Å². The van der Waals surface area contributed by atoms with E-state index in [0.29, 0.717) is 31.3 Å². The molecule has 0 aliphatic carbocycles. The number of nitrogens with one attached hydrogen (secondary N) is 2. The van der Waals surface area contributed by atoms with E-state index >= 15 is 0 Å². The van der Waals surface area contributed by atoms with Crippen LogP contribution in [0.4, 0.5) is 4.79 Å². The van der Waals surface area contributed by atoms with Crippen LogP contribution in [0.25, 0.3) is 0 Å². The molecule has 0 aromatic heterocycles. The van der Waals surface area contributed by atoms with E-state index in [1.807, 2.05) is 36.4 Å². The van der Waals surface area contributed by atoms with Crippen molar-refractivity contribution in [2.24, 2.45) is 0 Å². The SMILES string of the molecule is COc1ccc(C2(CNC(=O)NCc3ccc(Cl)cc3)CCOCC2)cc1. The summed E-state index contributed by atoms with van der Waals surface area (Å²) in [5, 5.41) is 6.62. The molecule has 2 amide bonds. The third-order valence-corrected chi connectivity index (χ3v) is 5.36. The average molecular weight is 389 g/mol. The number of carbonyl (C=O) groups excluding carboxylic acids is 1. The monoisotopic (exact) mass is 388 g/mol. The molecule has 1 aliphatic heterocycles. The third-order valence-electron chi connectivity index (χ3n) is 5.11. The molecule has 1 saturated heterocycles. The number of benzene rings is 2. The minimum Gasteiger partial charge on any atom is -0.497 e. The van der Waals surface area contributed by atoms with Gasteiger partial charge in [-0.2, -0.15) is 0 Å². The minimum atomic E-state index is -0.177. The lowest BCUT2D eigenvalue weighted by Crippen LogP contribution is -2.47. The summed E-state index contributed by atoms with van der Waals surface area (Å²) in [4.78, 5) is 12.3. The number of hydrogen-bond donors (Lipinski definition) is 2. The number of methoxy groups -OCH3 is 1. The summed E-state index contributed by atoms with van der Waals surface area (Å²) < 4.78 is 10.8. The first-order chi connectivity index (χ1) is 13.1. The summed E-state index contributed by atoms with van der Waals surface area (Å²) in [6.07, 6.45) is 1.74. The van der Waals surface area contributed by atoms with Crippen molar-refractivity contribution in [2.75, 3.05) is 26.9 Å². The van der Waals surface area contributed by atoms with Gasteiger partial charge in [-0.1, -0.05) is 35.9 Å². The van der Waals surface area contributed by atoms with Gasteiger partial charge in [-0.3, -0.25) is 0 Å². The highest BCUT2D eigenvalue weighted by Crippen LogP contribution is 2.35. The van der Waals surface area contributed by atoms with Gasteiger partial charge in [-0.15, -0.1) is 0 Å². The van der Waals surface area contributed by atoms with Crippen LogP contribution in [0.5, 0.6) is 5.75 Å². The molecule has 0 atom stereocenters. The second-order valence-electron chi connectivity index (χ2n) is 6.78. The molecule has 2 N–H and O–H groups in total. The lowest BCUT2D eigenvalue weighted by molar-refractivity contribution is 0.0506. The fourth-order valence-electron chi connectivity index (χ4n) is 3.37. The van der Waals surface area contributed by atoms with Gasteiger partial charge >= 0.3 is 6.03 Å². The van der Waals surface area contributed by atoms with Crippen molar-refractivity contribution in [3.05, 3.63) is 64.7 Å². The highest BCUT2D eigenvalue weighted by molar-refractivity contribution is 6.30. The smallest absolute Gasteiger partial charge is 0.315 e. The summed E-state index contributed by atoms with van der Waals surface area (Å²) in [5.74, 6) is 0.828. The molecule has 5 nitrogen and oxygen atoms in total. The summed E-state index contributed by atoms with van der Waals surface area (Å²) in [7, 11) is 1.66. The Morgan fingerprint density at radius 1 is 1.07 bits per heavy atom. The molecule has 0 radical (unpaired) electrons. The average Bonchev–Trinajstić information content (AvgIpc) is 2.72. The number of rotatable bonds is 6. The van der Waals surface area contributed by atoms with Gasteiger partial charge in [0.2, 0.25) is 0 Å². The predicted octanol–water partition coefficient (Wildman–Crippen LogP) is 3.90. The summed E-state index contributed by atoms with van der Waals surface area (Å²) >= 11 is 5.88. The quantitative estimate of drug-likeness (QED) is 0.789. The van der Waals surface area contributed by atoms with Crippen molar-refractivity contribution in [3.63, 3.8) is 0 Å². The first kappa shape index (κ1) is 19.5.